The van der Waals surface area contributed by atoms with Crippen LogP contribution in [0.25, 0.3) is 0 Å². The fraction of sp³-hybridized carbons (Fsp3) is 0.842. The summed E-state index contributed by atoms with van der Waals surface area (Å²) in [5.74, 6) is 1.39. The molecule has 0 unspecified atom stereocenters. The summed E-state index contributed by atoms with van der Waals surface area (Å²) in [5.41, 5.74) is -1.28. The Hall–Kier alpha value is -1.57. The van der Waals surface area contributed by atoms with Gasteiger partial charge < -0.3 is 10.1 Å². The topological polar surface area (TPSA) is 79.2 Å². The highest BCUT2D eigenvalue weighted by atomic mass is 16.5. The van der Waals surface area contributed by atoms with Crippen LogP contribution in [0.15, 0.2) is 0 Å². The number of esters is 1. The molecule has 4 aliphatic carbocycles. The van der Waals surface area contributed by atoms with Gasteiger partial charge in [0.25, 0.3) is 5.91 Å². The van der Waals surface area contributed by atoms with E-state index in [9.17, 15) is 14.9 Å². The van der Waals surface area contributed by atoms with Crippen molar-refractivity contribution in [2.24, 2.45) is 29.1 Å². The van der Waals surface area contributed by atoms with Gasteiger partial charge in [0.05, 0.1) is 11.5 Å². The van der Waals surface area contributed by atoms with Gasteiger partial charge in [-0.2, -0.15) is 5.26 Å². The molecule has 4 fully saturated rings. The molecule has 1 N–H and O–H groups in total. The van der Waals surface area contributed by atoms with Gasteiger partial charge in [-0.1, -0.05) is 13.8 Å². The maximum atomic E-state index is 12.7. The minimum atomic E-state index is -0.940. The zero-order valence-electron chi connectivity index (χ0n) is 14.9. The number of nitrogens with zero attached hydrogens (tertiary/aromatic N) is 1. The van der Waals surface area contributed by atoms with Crippen molar-refractivity contribution in [2.75, 3.05) is 6.61 Å². The van der Waals surface area contributed by atoms with Gasteiger partial charge in [-0.25, -0.2) is 0 Å². The fourth-order valence-corrected chi connectivity index (χ4v) is 5.27. The summed E-state index contributed by atoms with van der Waals surface area (Å²) in [6, 6.07) is 2.13. The Kier molecular flexibility index (Phi) is 4.36. The monoisotopic (exact) mass is 332 g/mol. The minimum Gasteiger partial charge on any atom is -0.455 e. The van der Waals surface area contributed by atoms with Crippen LogP contribution < -0.4 is 5.32 Å². The van der Waals surface area contributed by atoms with Crippen LogP contribution in [-0.4, -0.2) is 24.0 Å². The second-order valence-electron chi connectivity index (χ2n) is 8.79. The first kappa shape index (κ1) is 17.3. The number of hydrogen-bond acceptors (Lipinski definition) is 4. The van der Waals surface area contributed by atoms with Gasteiger partial charge in [0.1, 0.15) is 5.54 Å². The zero-order valence-corrected chi connectivity index (χ0v) is 14.9. The first-order valence-corrected chi connectivity index (χ1v) is 9.16. The van der Waals surface area contributed by atoms with Crippen LogP contribution in [0.2, 0.25) is 0 Å². The quantitative estimate of drug-likeness (QED) is 0.785. The van der Waals surface area contributed by atoms with E-state index in [-0.39, 0.29) is 23.9 Å². The van der Waals surface area contributed by atoms with E-state index >= 15 is 0 Å². The number of amides is 1. The number of nitriles is 1. The Morgan fingerprint density at radius 2 is 1.71 bits per heavy atom. The maximum Gasteiger partial charge on any atom is 0.312 e. The van der Waals surface area contributed by atoms with Crippen LogP contribution in [0, 0.1) is 40.4 Å². The third-order valence-electron chi connectivity index (χ3n) is 6.59. The average molecular weight is 332 g/mol. The molecule has 5 nitrogen and oxygen atoms in total. The molecule has 0 spiro atoms. The third-order valence-corrected chi connectivity index (χ3v) is 6.59. The summed E-state index contributed by atoms with van der Waals surface area (Å²) in [5, 5.41) is 12.0. The van der Waals surface area contributed by atoms with Gasteiger partial charge in [-0.05, 0) is 69.1 Å². The van der Waals surface area contributed by atoms with Crippen molar-refractivity contribution in [3.8, 4) is 6.07 Å². The second kappa shape index (κ2) is 6.06. The maximum absolute atomic E-state index is 12.7. The van der Waals surface area contributed by atoms with Crippen molar-refractivity contribution in [1.29, 1.82) is 5.26 Å². The summed E-state index contributed by atoms with van der Waals surface area (Å²) >= 11 is 0. The van der Waals surface area contributed by atoms with Crippen LogP contribution in [-0.2, 0) is 14.3 Å². The lowest BCUT2D eigenvalue weighted by atomic mass is 9.49. The first-order chi connectivity index (χ1) is 11.3. The van der Waals surface area contributed by atoms with Crippen molar-refractivity contribution in [3.63, 3.8) is 0 Å². The summed E-state index contributed by atoms with van der Waals surface area (Å²) in [6.07, 6.45) is 6.59. The molecule has 5 heteroatoms. The highest BCUT2D eigenvalue weighted by Gasteiger charge is 2.55. The minimum absolute atomic E-state index is 0.0229. The van der Waals surface area contributed by atoms with Crippen molar-refractivity contribution < 1.29 is 14.3 Å². The van der Waals surface area contributed by atoms with E-state index in [1.54, 1.807) is 6.92 Å². The van der Waals surface area contributed by atoms with Crippen molar-refractivity contribution in [1.82, 2.24) is 5.32 Å². The number of hydrogen-bond donors (Lipinski definition) is 1. The summed E-state index contributed by atoms with van der Waals surface area (Å²) in [6.45, 7) is 5.16. The summed E-state index contributed by atoms with van der Waals surface area (Å²) in [4.78, 5) is 24.8. The van der Waals surface area contributed by atoms with Crippen LogP contribution in [0.5, 0.6) is 0 Å². The van der Waals surface area contributed by atoms with E-state index in [2.05, 4.69) is 11.4 Å². The van der Waals surface area contributed by atoms with E-state index < -0.39 is 11.4 Å². The molecule has 0 aromatic carbocycles. The van der Waals surface area contributed by atoms with Crippen molar-refractivity contribution in [2.45, 2.75) is 64.8 Å². The van der Waals surface area contributed by atoms with Crippen LogP contribution in [0.3, 0.4) is 0 Å². The Morgan fingerprint density at radius 1 is 1.21 bits per heavy atom. The second-order valence-corrected chi connectivity index (χ2v) is 8.79. The smallest absolute Gasteiger partial charge is 0.312 e. The van der Waals surface area contributed by atoms with Gasteiger partial charge in [0, 0.05) is 0 Å². The Morgan fingerprint density at radius 3 is 2.12 bits per heavy atom. The largest absolute Gasteiger partial charge is 0.455 e. The lowest BCUT2D eigenvalue weighted by Gasteiger charge is -2.55. The number of carbonyl (C=O) groups is 2. The fourth-order valence-electron chi connectivity index (χ4n) is 5.27. The molecule has 4 aliphatic rings. The highest BCUT2D eigenvalue weighted by molar-refractivity contribution is 5.83. The van der Waals surface area contributed by atoms with Gasteiger partial charge in [0.2, 0.25) is 0 Å². The third kappa shape index (κ3) is 3.03. The van der Waals surface area contributed by atoms with Crippen molar-refractivity contribution in [3.05, 3.63) is 0 Å². The lowest BCUT2D eigenvalue weighted by molar-refractivity contribution is -0.173. The van der Waals surface area contributed by atoms with E-state index in [4.69, 9.17) is 4.74 Å². The highest BCUT2D eigenvalue weighted by Crippen LogP contribution is 2.60. The molecule has 0 aliphatic heterocycles. The van der Waals surface area contributed by atoms with Gasteiger partial charge in [-0.3, -0.25) is 9.59 Å². The van der Waals surface area contributed by atoms with Crippen LogP contribution in [0.4, 0.5) is 0 Å². The number of ether oxygens (including phenoxy) is 1. The number of carbonyl (C=O) groups excluding carboxylic acids is 2. The lowest BCUT2D eigenvalue weighted by Crippen LogP contribution is -2.52. The predicted molar refractivity (Wildman–Crippen MR) is 88.6 cm³/mol. The summed E-state index contributed by atoms with van der Waals surface area (Å²) in [7, 11) is 0. The molecule has 132 valence electrons. The molecule has 24 heavy (non-hydrogen) atoms. The summed E-state index contributed by atoms with van der Waals surface area (Å²) < 4.78 is 5.40. The molecule has 1 atom stereocenters. The Labute approximate surface area is 144 Å². The predicted octanol–water partition coefficient (Wildman–Crippen LogP) is 2.80. The molecule has 0 aromatic rings. The normalized spacial score (nSPS) is 36.0. The van der Waals surface area contributed by atoms with Gasteiger partial charge in [-0.15, -0.1) is 0 Å². The van der Waals surface area contributed by atoms with E-state index in [1.165, 1.54) is 19.3 Å². The Bertz CT molecular complexity index is 542. The standard InChI is InChI=1S/C19H28N2O3/c1-12(2)18(3,11-20)21-16(22)10-24-17(23)19-7-13-4-14(8-19)6-15(5-13)9-19/h12-15H,4-10H2,1-3H3,(H,21,22)/t13?,14?,15?,18-,19?/m1/s1. The molecule has 0 heterocycles. The van der Waals surface area contributed by atoms with E-state index in [0.717, 1.165) is 19.3 Å². The van der Waals surface area contributed by atoms with Gasteiger partial charge in [0.15, 0.2) is 6.61 Å². The molecule has 1 amide bonds. The molecule has 4 rings (SSSR count). The molecule has 0 aromatic heterocycles. The molecular weight excluding hydrogens is 304 g/mol. The van der Waals surface area contributed by atoms with E-state index in [0.29, 0.717) is 17.8 Å². The molecular formula is C19H28N2O3. The SMILES string of the molecule is CC(C)[C@@](C)(C#N)NC(=O)COC(=O)C12CC3CC(CC(C3)C1)C2. The first-order valence-electron chi connectivity index (χ1n) is 9.16. The average Bonchev–Trinajstić information content (AvgIpc) is 2.50. The van der Waals surface area contributed by atoms with Crippen LogP contribution in [0.1, 0.15) is 59.3 Å². The molecule has 4 bridgehead atoms. The zero-order chi connectivity index (χ0) is 17.5. The molecule has 0 radical (unpaired) electrons. The van der Waals surface area contributed by atoms with Gasteiger partial charge >= 0.3 is 5.97 Å². The van der Waals surface area contributed by atoms with Crippen LogP contribution >= 0.6 is 0 Å². The van der Waals surface area contributed by atoms with Crippen molar-refractivity contribution >= 4 is 11.9 Å². The molecule has 4 saturated carbocycles. The van der Waals surface area contributed by atoms with E-state index in [1.807, 2.05) is 13.8 Å². The number of nitrogens with one attached hydrogen (secondary N) is 1. The Balaban J connectivity index is 1.56. The number of rotatable bonds is 5. The molecule has 0 saturated heterocycles.